The van der Waals surface area contributed by atoms with E-state index < -0.39 is 5.82 Å². The van der Waals surface area contributed by atoms with Gasteiger partial charge in [-0.1, -0.05) is 12.1 Å². The fourth-order valence-electron chi connectivity index (χ4n) is 0.668. The zero-order valence-corrected chi connectivity index (χ0v) is 5.90. The Hall–Kier alpha value is -0.760. The molecule has 0 radical (unpaired) electrons. The Morgan fingerprint density at radius 2 is 2.20 bits per heavy atom. The van der Waals surface area contributed by atoms with Crippen molar-refractivity contribution in [2.24, 2.45) is 0 Å². The second kappa shape index (κ2) is 2.88. The maximum atomic E-state index is 12.5. The third-order valence-corrected chi connectivity index (χ3v) is 1.50. The normalized spacial score (nSPS) is 9.80. The molecule has 0 saturated carbocycles. The molecule has 1 N–H and O–H groups in total. The van der Waals surface area contributed by atoms with Gasteiger partial charge in [0.2, 0.25) is 0 Å². The summed E-state index contributed by atoms with van der Waals surface area (Å²) in [6.45, 7) is 0. The highest BCUT2D eigenvalue weighted by Gasteiger charge is 2.03. The fraction of sp³-hybridized carbons (Fsp3) is 0.143. The Morgan fingerprint density at radius 1 is 1.50 bits per heavy atom. The molecule has 0 amide bonds. The van der Waals surface area contributed by atoms with E-state index in [4.69, 9.17) is 16.7 Å². The van der Waals surface area contributed by atoms with E-state index in [1.807, 2.05) is 0 Å². The molecular formula is C7H6ClFO. The summed E-state index contributed by atoms with van der Waals surface area (Å²) in [4.78, 5) is 0. The molecule has 0 aromatic heterocycles. The minimum Gasteiger partial charge on any atom is -0.505 e. The molecule has 3 heteroatoms. The number of benzene rings is 1. The zero-order valence-electron chi connectivity index (χ0n) is 5.14. The standard InChI is InChI=1S/C7H6ClFO/c8-4-5-2-1-3-6(9)7(5)10/h1-3,10H,4H2. The van der Waals surface area contributed by atoms with Crippen LogP contribution in [0.3, 0.4) is 0 Å². The molecule has 0 bridgehead atoms. The Balaban J connectivity index is 3.14. The lowest BCUT2D eigenvalue weighted by Crippen LogP contribution is -1.82. The van der Waals surface area contributed by atoms with E-state index in [9.17, 15) is 4.39 Å². The molecule has 0 spiro atoms. The first-order chi connectivity index (χ1) is 4.75. The van der Waals surface area contributed by atoms with Crippen LogP contribution in [0.25, 0.3) is 0 Å². The predicted molar refractivity (Wildman–Crippen MR) is 37.6 cm³/mol. The first-order valence-electron chi connectivity index (χ1n) is 2.78. The summed E-state index contributed by atoms with van der Waals surface area (Å²) in [5.41, 5.74) is 0.418. The molecule has 1 aromatic carbocycles. The van der Waals surface area contributed by atoms with Gasteiger partial charge in [-0.25, -0.2) is 4.39 Å². The predicted octanol–water partition coefficient (Wildman–Crippen LogP) is 2.27. The molecule has 0 aliphatic carbocycles. The van der Waals surface area contributed by atoms with Crippen LogP contribution >= 0.6 is 11.6 Å². The minimum atomic E-state index is -0.627. The monoisotopic (exact) mass is 160 g/mol. The topological polar surface area (TPSA) is 20.2 Å². The summed E-state index contributed by atoms with van der Waals surface area (Å²) in [6, 6.07) is 4.27. The van der Waals surface area contributed by atoms with Crippen molar-refractivity contribution >= 4 is 11.6 Å². The third kappa shape index (κ3) is 1.21. The number of rotatable bonds is 1. The van der Waals surface area contributed by atoms with Gasteiger partial charge in [0, 0.05) is 5.56 Å². The van der Waals surface area contributed by atoms with Crippen LogP contribution in [0.5, 0.6) is 5.75 Å². The van der Waals surface area contributed by atoms with Crippen LogP contribution in [0.15, 0.2) is 18.2 Å². The van der Waals surface area contributed by atoms with Gasteiger partial charge in [0.1, 0.15) is 0 Å². The van der Waals surface area contributed by atoms with E-state index in [2.05, 4.69) is 0 Å². The zero-order chi connectivity index (χ0) is 7.56. The van der Waals surface area contributed by atoms with Crippen LogP contribution in [0, 0.1) is 5.82 Å². The Labute approximate surface area is 63.1 Å². The summed E-state index contributed by atoms with van der Waals surface area (Å²) in [7, 11) is 0. The van der Waals surface area contributed by atoms with E-state index >= 15 is 0 Å². The molecule has 0 heterocycles. The summed E-state index contributed by atoms with van der Waals surface area (Å²) in [5, 5.41) is 8.94. The molecule has 10 heavy (non-hydrogen) atoms. The molecule has 0 saturated heterocycles. The smallest absolute Gasteiger partial charge is 0.165 e. The number of phenols is 1. The number of hydrogen-bond donors (Lipinski definition) is 1. The molecule has 1 nitrogen and oxygen atoms in total. The highest BCUT2D eigenvalue weighted by atomic mass is 35.5. The van der Waals surface area contributed by atoms with Gasteiger partial charge in [0.15, 0.2) is 11.6 Å². The number of phenolic OH excluding ortho intramolecular Hbond substituents is 1. The number of para-hydroxylation sites is 1. The highest BCUT2D eigenvalue weighted by Crippen LogP contribution is 2.21. The van der Waals surface area contributed by atoms with Crippen molar-refractivity contribution < 1.29 is 9.50 Å². The van der Waals surface area contributed by atoms with Gasteiger partial charge in [-0.05, 0) is 6.07 Å². The SMILES string of the molecule is Oc1c(F)cccc1CCl. The van der Waals surface area contributed by atoms with Crippen molar-refractivity contribution in [2.75, 3.05) is 0 Å². The number of aromatic hydroxyl groups is 1. The van der Waals surface area contributed by atoms with E-state index in [-0.39, 0.29) is 11.6 Å². The lowest BCUT2D eigenvalue weighted by atomic mass is 10.2. The van der Waals surface area contributed by atoms with Crippen LogP contribution < -0.4 is 0 Å². The molecule has 54 valence electrons. The van der Waals surface area contributed by atoms with Crippen molar-refractivity contribution in [1.29, 1.82) is 0 Å². The van der Waals surface area contributed by atoms with Crippen LogP contribution in [0.1, 0.15) is 5.56 Å². The van der Waals surface area contributed by atoms with Crippen molar-refractivity contribution in [2.45, 2.75) is 5.88 Å². The van der Waals surface area contributed by atoms with E-state index in [1.165, 1.54) is 12.1 Å². The Kier molecular flexibility index (Phi) is 2.12. The summed E-state index contributed by atoms with van der Waals surface area (Å²) in [6.07, 6.45) is 0. The number of halogens is 2. The molecule has 0 aliphatic heterocycles. The average molecular weight is 161 g/mol. The maximum absolute atomic E-state index is 12.5. The van der Waals surface area contributed by atoms with E-state index in [0.29, 0.717) is 5.56 Å². The van der Waals surface area contributed by atoms with Gasteiger partial charge >= 0.3 is 0 Å². The van der Waals surface area contributed by atoms with Gasteiger partial charge in [-0.15, -0.1) is 11.6 Å². The third-order valence-electron chi connectivity index (χ3n) is 1.21. The molecule has 0 fully saturated rings. The Morgan fingerprint density at radius 3 is 2.70 bits per heavy atom. The second-order valence-electron chi connectivity index (χ2n) is 1.88. The molecule has 1 rings (SSSR count). The van der Waals surface area contributed by atoms with Crippen LogP contribution in [-0.2, 0) is 5.88 Å². The molecular weight excluding hydrogens is 155 g/mol. The second-order valence-corrected chi connectivity index (χ2v) is 2.15. The summed E-state index contributed by atoms with van der Waals surface area (Å²) >= 11 is 5.38. The van der Waals surface area contributed by atoms with Gasteiger partial charge in [0.05, 0.1) is 5.88 Å². The lowest BCUT2D eigenvalue weighted by Gasteiger charge is -1.98. The van der Waals surface area contributed by atoms with Crippen molar-refractivity contribution in [3.05, 3.63) is 29.6 Å². The Bertz CT molecular complexity index is 237. The molecule has 0 aliphatic rings. The van der Waals surface area contributed by atoms with E-state index in [0.717, 1.165) is 0 Å². The average Bonchev–Trinajstić information content (AvgIpc) is 1.95. The molecule has 0 atom stereocenters. The number of hydrogen-bond acceptors (Lipinski definition) is 1. The quantitative estimate of drug-likeness (QED) is 0.625. The first-order valence-corrected chi connectivity index (χ1v) is 3.31. The summed E-state index contributed by atoms with van der Waals surface area (Å²) < 4.78 is 12.5. The van der Waals surface area contributed by atoms with Crippen molar-refractivity contribution in [3.8, 4) is 5.75 Å². The lowest BCUT2D eigenvalue weighted by molar-refractivity contribution is 0.428. The minimum absolute atomic E-state index is 0.129. The fourth-order valence-corrected chi connectivity index (χ4v) is 0.883. The first kappa shape index (κ1) is 7.35. The van der Waals surface area contributed by atoms with E-state index in [1.54, 1.807) is 6.07 Å². The number of alkyl halides is 1. The molecule has 0 unspecified atom stereocenters. The van der Waals surface area contributed by atoms with Gasteiger partial charge in [0.25, 0.3) is 0 Å². The van der Waals surface area contributed by atoms with Crippen LogP contribution in [-0.4, -0.2) is 5.11 Å². The van der Waals surface area contributed by atoms with Gasteiger partial charge in [-0.2, -0.15) is 0 Å². The molecule has 1 aromatic rings. The van der Waals surface area contributed by atoms with Gasteiger partial charge in [-0.3, -0.25) is 0 Å². The maximum Gasteiger partial charge on any atom is 0.165 e. The van der Waals surface area contributed by atoms with Crippen LogP contribution in [0.4, 0.5) is 4.39 Å². The summed E-state index contributed by atoms with van der Waals surface area (Å²) in [5.74, 6) is -0.848. The largest absolute Gasteiger partial charge is 0.505 e. The van der Waals surface area contributed by atoms with Gasteiger partial charge < -0.3 is 5.11 Å². The van der Waals surface area contributed by atoms with Crippen molar-refractivity contribution in [3.63, 3.8) is 0 Å². The van der Waals surface area contributed by atoms with Crippen molar-refractivity contribution in [1.82, 2.24) is 0 Å². The highest BCUT2D eigenvalue weighted by molar-refractivity contribution is 6.17. The van der Waals surface area contributed by atoms with Crippen LogP contribution in [0.2, 0.25) is 0 Å².